The van der Waals surface area contributed by atoms with Crippen LogP contribution in [0.4, 0.5) is 11.4 Å². The second-order valence-corrected chi connectivity index (χ2v) is 7.64. The van der Waals surface area contributed by atoms with Gasteiger partial charge >= 0.3 is 5.97 Å². The van der Waals surface area contributed by atoms with Crippen LogP contribution >= 0.6 is 23.2 Å². The van der Waals surface area contributed by atoms with Crippen LogP contribution in [-0.2, 0) is 19.1 Å². The number of nitrogens with one attached hydrogen (secondary N) is 2. The first-order valence-corrected chi connectivity index (χ1v) is 10.7. The molecule has 2 amide bonds. The quantitative estimate of drug-likeness (QED) is 0.379. The molecule has 2 N–H and O–H groups in total. The Morgan fingerprint density at radius 2 is 1.33 bits per heavy atom. The van der Waals surface area contributed by atoms with E-state index in [-0.39, 0.29) is 23.8 Å². The van der Waals surface area contributed by atoms with E-state index in [0.29, 0.717) is 27.9 Å². The van der Waals surface area contributed by atoms with Crippen LogP contribution < -0.4 is 15.4 Å². The fourth-order valence-electron chi connectivity index (χ4n) is 2.66. The zero-order chi connectivity index (χ0) is 23.6. The number of esters is 1. The minimum absolute atomic E-state index is 0.0878. The Morgan fingerprint density at radius 3 is 2.03 bits per heavy atom. The topological polar surface area (TPSA) is 93.7 Å². The molecule has 0 unspecified atom stereocenters. The van der Waals surface area contributed by atoms with Crippen LogP contribution in [0.25, 0.3) is 0 Å². The molecule has 0 aliphatic heterocycles. The number of carbonyl (C=O) groups excluding carboxylic acids is 3. The van der Waals surface area contributed by atoms with Gasteiger partial charge in [-0.15, -0.1) is 0 Å². The molecule has 33 heavy (non-hydrogen) atoms. The molecule has 0 saturated heterocycles. The predicted molar refractivity (Wildman–Crippen MR) is 127 cm³/mol. The molecule has 3 aromatic carbocycles. The van der Waals surface area contributed by atoms with E-state index in [9.17, 15) is 14.4 Å². The van der Waals surface area contributed by atoms with Gasteiger partial charge in [-0.1, -0.05) is 41.4 Å². The first kappa shape index (κ1) is 24.1. The van der Waals surface area contributed by atoms with Crippen molar-refractivity contribution in [2.45, 2.75) is 12.8 Å². The van der Waals surface area contributed by atoms with Crippen LogP contribution in [0.15, 0.2) is 72.8 Å². The van der Waals surface area contributed by atoms with E-state index >= 15 is 0 Å². The maximum atomic E-state index is 12.1. The third-order valence-electron chi connectivity index (χ3n) is 4.24. The summed E-state index contributed by atoms with van der Waals surface area (Å²) in [6.07, 6.45) is -0.253. The molecule has 0 heterocycles. The third-order valence-corrected chi connectivity index (χ3v) is 4.98. The molecular formula is C24H20Cl2N2O5. The van der Waals surface area contributed by atoms with Gasteiger partial charge in [-0.25, -0.2) is 0 Å². The highest BCUT2D eigenvalue weighted by Crippen LogP contribution is 2.25. The number of ether oxygens (including phenoxy) is 2. The second-order valence-electron chi connectivity index (χ2n) is 6.83. The van der Waals surface area contributed by atoms with Gasteiger partial charge in [0.05, 0.1) is 16.5 Å². The van der Waals surface area contributed by atoms with Gasteiger partial charge in [0.1, 0.15) is 11.5 Å². The van der Waals surface area contributed by atoms with E-state index in [1.807, 2.05) is 30.3 Å². The average Bonchev–Trinajstić information content (AvgIpc) is 2.81. The Hall–Kier alpha value is -3.55. The Bertz CT molecular complexity index is 1120. The van der Waals surface area contributed by atoms with Crippen LogP contribution in [0.5, 0.6) is 11.5 Å². The lowest BCUT2D eigenvalue weighted by Gasteiger charge is -2.09. The van der Waals surface area contributed by atoms with E-state index in [1.54, 1.807) is 30.3 Å². The van der Waals surface area contributed by atoms with E-state index in [0.717, 1.165) is 0 Å². The monoisotopic (exact) mass is 486 g/mol. The molecule has 0 radical (unpaired) electrons. The van der Waals surface area contributed by atoms with Crippen molar-refractivity contribution in [1.82, 2.24) is 0 Å². The summed E-state index contributed by atoms with van der Waals surface area (Å²) in [5.41, 5.74) is 0.986. The van der Waals surface area contributed by atoms with Gasteiger partial charge in [0.15, 0.2) is 6.61 Å². The second kappa shape index (κ2) is 11.9. The highest BCUT2D eigenvalue weighted by molar-refractivity contribution is 6.42. The van der Waals surface area contributed by atoms with Crippen molar-refractivity contribution in [1.29, 1.82) is 0 Å². The van der Waals surface area contributed by atoms with E-state index in [1.165, 1.54) is 12.1 Å². The maximum Gasteiger partial charge on any atom is 0.306 e. The molecule has 170 valence electrons. The SMILES string of the molecule is O=C(CCC(=O)OCC(=O)Nc1ccc(Cl)c(Cl)c1)Nc1ccc(Oc2ccccc2)cc1. The van der Waals surface area contributed by atoms with Crippen molar-refractivity contribution < 1.29 is 23.9 Å². The van der Waals surface area contributed by atoms with Crippen molar-refractivity contribution >= 4 is 52.4 Å². The Morgan fingerprint density at radius 1 is 0.697 bits per heavy atom. The number of benzene rings is 3. The number of amides is 2. The van der Waals surface area contributed by atoms with Crippen molar-refractivity contribution in [3.8, 4) is 11.5 Å². The first-order chi connectivity index (χ1) is 15.9. The number of halogens is 2. The Kier molecular flexibility index (Phi) is 8.69. The number of hydrogen-bond acceptors (Lipinski definition) is 5. The molecule has 9 heteroatoms. The zero-order valence-corrected chi connectivity index (χ0v) is 18.9. The summed E-state index contributed by atoms with van der Waals surface area (Å²) in [5.74, 6) is -0.227. The minimum Gasteiger partial charge on any atom is -0.457 e. The zero-order valence-electron chi connectivity index (χ0n) is 17.3. The molecule has 0 aliphatic rings. The summed E-state index contributed by atoms with van der Waals surface area (Å²) in [4.78, 5) is 35.8. The maximum absolute atomic E-state index is 12.1. The molecular weight excluding hydrogens is 467 g/mol. The van der Waals surface area contributed by atoms with Crippen LogP contribution in [0.1, 0.15) is 12.8 Å². The highest BCUT2D eigenvalue weighted by Gasteiger charge is 2.12. The highest BCUT2D eigenvalue weighted by atomic mass is 35.5. The largest absolute Gasteiger partial charge is 0.457 e. The van der Waals surface area contributed by atoms with Gasteiger partial charge in [0, 0.05) is 17.8 Å². The summed E-state index contributed by atoms with van der Waals surface area (Å²) in [7, 11) is 0. The summed E-state index contributed by atoms with van der Waals surface area (Å²) < 4.78 is 10.6. The fraction of sp³-hybridized carbons (Fsp3) is 0.125. The molecule has 0 aliphatic carbocycles. The summed E-state index contributed by atoms with van der Waals surface area (Å²) in [5, 5.41) is 5.87. The van der Waals surface area contributed by atoms with Gasteiger partial charge in [0.25, 0.3) is 5.91 Å². The lowest BCUT2D eigenvalue weighted by molar-refractivity contribution is -0.147. The Labute approximate surface area is 200 Å². The average molecular weight is 487 g/mol. The van der Waals surface area contributed by atoms with Crippen molar-refractivity contribution in [2.24, 2.45) is 0 Å². The molecule has 0 spiro atoms. The first-order valence-electron chi connectivity index (χ1n) is 9.92. The normalized spacial score (nSPS) is 10.2. The molecule has 0 bridgehead atoms. The summed E-state index contributed by atoms with van der Waals surface area (Å²) >= 11 is 11.7. The number of anilines is 2. The van der Waals surface area contributed by atoms with Gasteiger partial charge in [-0.3, -0.25) is 14.4 Å². The number of rotatable bonds is 9. The lowest BCUT2D eigenvalue weighted by atomic mass is 10.2. The van der Waals surface area contributed by atoms with Crippen LogP contribution in [0.3, 0.4) is 0 Å². The molecule has 0 saturated carbocycles. The van der Waals surface area contributed by atoms with Crippen LogP contribution in [0.2, 0.25) is 10.0 Å². The van der Waals surface area contributed by atoms with Gasteiger partial charge in [-0.2, -0.15) is 0 Å². The van der Waals surface area contributed by atoms with Crippen LogP contribution in [0, 0.1) is 0 Å². The predicted octanol–water partition coefficient (Wildman–Crippen LogP) is 5.69. The van der Waals surface area contributed by atoms with Crippen molar-refractivity contribution in [3.05, 3.63) is 82.8 Å². The van der Waals surface area contributed by atoms with Gasteiger partial charge in [-0.05, 0) is 54.6 Å². The van der Waals surface area contributed by atoms with Crippen molar-refractivity contribution in [3.63, 3.8) is 0 Å². The molecule has 3 aromatic rings. The summed E-state index contributed by atoms with van der Waals surface area (Å²) in [6.45, 7) is -0.483. The van der Waals surface area contributed by atoms with E-state index in [2.05, 4.69) is 10.6 Å². The van der Waals surface area contributed by atoms with Gasteiger partial charge in [0.2, 0.25) is 5.91 Å². The molecule has 7 nitrogen and oxygen atoms in total. The fourth-order valence-corrected chi connectivity index (χ4v) is 2.96. The molecule has 0 atom stereocenters. The number of para-hydroxylation sites is 1. The molecule has 0 aromatic heterocycles. The number of hydrogen-bond donors (Lipinski definition) is 2. The van der Waals surface area contributed by atoms with Crippen molar-refractivity contribution in [2.75, 3.05) is 17.2 Å². The number of carbonyl (C=O) groups is 3. The smallest absolute Gasteiger partial charge is 0.306 e. The minimum atomic E-state index is -0.666. The Balaban J connectivity index is 1.36. The third kappa shape index (κ3) is 8.14. The van der Waals surface area contributed by atoms with Crippen LogP contribution in [-0.4, -0.2) is 24.4 Å². The van der Waals surface area contributed by atoms with E-state index < -0.39 is 18.5 Å². The standard InChI is InChI=1S/C24H20Cl2N2O5/c25-20-11-8-17(14-21(20)26)28-23(30)15-32-24(31)13-12-22(29)27-16-6-9-19(10-7-16)33-18-4-2-1-3-5-18/h1-11,14H,12-13,15H2,(H,27,29)(H,28,30). The van der Waals surface area contributed by atoms with Gasteiger partial charge < -0.3 is 20.1 Å². The summed E-state index contributed by atoms with van der Waals surface area (Å²) in [6, 6.07) is 20.7. The molecule has 0 fully saturated rings. The molecule has 3 rings (SSSR count). The van der Waals surface area contributed by atoms with E-state index in [4.69, 9.17) is 32.7 Å². The lowest BCUT2D eigenvalue weighted by Crippen LogP contribution is -2.21.